The first-order valence-electron chi connectivity index (χ1n) is 7.33. The molecule has 1 heteroatoms. The van der Waals surface area contributed by atoms with Crippen LogP contribution in [0, 0.1) is 5.33 Å². The van der Waals surface area contributed by atoms with Crippen molar-refractivity contribution < 1.29 is 0 Å². The molecular weight excluding hydrogens is 260 g/mol. The van der Waals surface area contributed by atoms with Crippen molar-refractivity contribution in [2.45, 2.75) is 90.4 Å². The molecule has 0 aromatic heterocycles. The third kappa shape index (κ3) is 14.5. The highest BCUT2D eigenvalue weighted by Crippen LogP contribution is 2.13. The molecule has 0 saturated carbocycles. The molecule has 1 radical (unpaired) electrons. The Balaban J connectivity index is 2.83. The van der Waals surface area contributed by atoms with Crippen LogP contribution in [0.1, 0.15) is 90.4 Å². The van der Waals surface area contributed by atoms with Gasteiger partial charge < -0.3 is 0 Å². The van der Waals surface area contributed by atoms with E-state index in [1.54, 1.807) is 0 Å². The Morgan fingerprint density at radius 2 is 1.00 bits per heavy atom. The molecule has 0 atom stereocenters. The van der Waals surface area contributed by atoms with E-state index in [0.717, 1.165) is 0 Å². The largest absolute Gasteiger partial charge is 0.0879 e. The molecule has 97 valence electrons. The molecule has 0 spiro atoms. The van der Waals surface area contributed by atoms with E-state index in [1.807, 2.05) is 0 Å². The minimum Gasteiger partial charge on any atom is -0.0879 e. The summed E-state index contributed by atoms with van der Waals surface area (Å²) < 4.78 is 0. The van der Waals surface area contributed by atoms with Gasteiger partial charge in [-0.3, -0.25) is 0 Å². The molecule has 0 aliphatic heterocycles. The second-order valence-electron chi connectivity index (χ2n) is 4.83. The Morgan fingerprint density at radius 3 is 1.38 bits per heavy atom. The van der Waals surface area contributed by atoms with E-state index in [4.69, 9.17) is 0 Å². The first kappa shape index (κ1) is 16.5. The zero-order valence-corrected chi connectivity index (χ0v) is 12.7. The van der Waals surface area contributed by atoms with Gasteiger partial charge in [0, 0.05) is 5.33 Å². The molecule has 0 aliphatic carbocycles. The van der Waals surface area contributed by atoms with Crippen molar-refractivity contribution in [3.05, 3.63) is 5.33 Å². The predicted molar refractivity (Wildman–Crippen MR) is 78.9 cm³/mol. The standard InChI is InChI=1S/C15H30Br/c1-2-3-4-5-6-7-8-9-10-11-12-13-14-15-16/h15H,2-14H2,1H3. The summed E-state index contributed by atoms with van der Waals surface area (Å²) in [6, 6.07) is 0. The van der Waals surface area contributed by atoms with E-state index >= 15 is 0 Å². The van der Waals surface area contributed by atoms with Crippen LogP contribution in [-0.4, -0.2) is 0 Å². The van der Waals surface area contributed by atoms with Gasteiger partial charge in [0.1, 0.15) is 0 Å². The third-order valence-electron chi connectivity index (χ3n) is 3.17. The van der Waals surface area contributed by atoms with Crippen LogP contribution in [0.4, 0.5) is 0 Å². The molecule has 0 aromatic carbocycles. The Morgan fingerprint density at radius 1 is 0.625 bits per heavy atom. The Kier molecular flexibility index (Phi) is 15.9. The zero-order valence-electron chi connectivity index (χ0n) is 11.1. The van der Waals surface area contributed by atoms with Gasteiger partial charge >= 0.3 is 0 Å². The molecule has 0 N–H and O–H groups in total. The lowest BCUT2D eigenvalue weighted by atomic mass is 10.1. The Hall–Kier alpha value is 0.480. The van der Waals surface area contributed by atoms with Gasteiger partial charge in [-0.1, -0.05) is 99.9 Å². The molecule has 0 fully saturated rings. The predicted octanol–water partition coefficient (Wildman–Crippen LogP) is 6.63. The molecule has 16 heavy (non-hydrogen) atoms. The summed E-state index contributed by atoms with van der Waals surface area (Å²) in [5.74, 6) is 0. The van der Waals surface area contributed by atoms with E-state index in [9.17, 15) is 0 Å². The minimum absolute atomic E-state index is 1.23. The highest BCUT2D eigenvalue weighted by molar-refractivity contribution is 9.10. The molecule has 0 rings (SSSR count). The quantitative estimate of drug-likeness (QED) is 0.334. The van der Waals surface area contributed by atoms with Crippen molar-refractivity contribution in [1.82, 2.24) is 0 Å². The summed E-state index contributed by atoms with van der Waals surface area (Å²) >= 11 is 3.35. The lowest BCUT2D eigenvalue weighted by molar-refractivity contribution is 0.544. The Bertz CT molecular complexity index is 98.0. The minimum atomic E-state index is 1.23. The number of hydrogen-bond acceptors (Lipinski definition) is 0. The van der Waals surface area contributed by atoms with Crippen LogP contribution in [-0.2, 0) is 0 Å². The summed E-state index contributed by atoms with van der Waals surface area (Å²) in [4.78, 5) is 0. The van der Waals surface area contributed by atoms with Gasteiger partial charge in [0.2, 0.25) is 0 Å². The normalized spacial score (nSPS) is 10.9. The second-order valence-corrected chi connectivity index (χ2v) is 5.48. The van der Waals surface area contributed by atoms with Gasteiger partial charge in [0.25, 0.3) is 0 Å². The average molecular weight is 290 g/mol. The molecular formula is C15H30Br. The smallest absolute Gasteiger partial charge is 0.0271 e. The van der Waals surface area contributed by atoms with Crippen LogP contribution in [0.5, 0.6) is 0 Å². The topological polar surface area (TPSA) is 0 Å². The van der Waals surface area contributed by atoms with E-state index < -0.39 is 0 Å². The van der Waals surface area contributed by atoms with Gasteiger partial charge in [0.15, 0.2) is 0 Å². The fourth-order valence-corrected chi connectivity index (χ4v) is 2.39. The number of unbranched alkanes of at least 4 members (excludes halogenated alkanes) is 12. The molecule has 0 amide bonds. The van der Waals surface area contributed by atoms with Gasteiger partial charge in [-0.05, 0) is 6.42 Å². The van der Waals surface area contributed by atoms with Gasteiger partial charge in [-0.25, -0.2) is 0 Å². The van der Waals surface area contributed by atoms with Crippen LogP contribution < -0.4 is 0 Å². The molecule has 0 aliphatic rings. The van der Waals surface area contributed by atoms with Gasteiger partial charge in [-0.15, -0.1) is 0 Å². The summed E-state index contributed by atoms with van der Waals surface area (Å²) in [7, 11) is 0. The van der Waals surface area contributed by atoms with E-state index in [-0.39, 0.29) is 0 Å². The molecule has 0 aromatic rings. The van der Waals surface area contributed by atoms with Crippen molar-refractivity contribution in [3.8, 4) is 0 Å². The summed E-state index contributed by atoms with van der Waals surface area (Å²) in [6.07, 6.45) is 18.5. The van der Waals surface area contributed by atoms with Crippen molar-refractivity contribution in [3.63, 3.8) is 0 Å². The molecule has 0 bridgehead atoms. The average Bonchev–Trinajstić information content (AvgIpc) is 2.31. The van der Waals surface area contributed by atoms with E-state index in [0.29, 0.717) is 0 Å². The van der Waals surface area contributed by atoms with Crippen LogP contribution in [0.25, 0.3) is 0 Å². The first-order valence-corrected chi connectivity index (χ1v) is 8.25. The first-order chi connectivity index (χ1) is 7.91. The number of rotatable bonds is 13. The SMILES string of the molecule is CCCCCCCCCCCCCC[CH]Br. The number of halogens is 1. The second kappa shape index (κ2) is 15.5. The van der Waals surface area contributed by atoms with E-state index in [2.05, 4.69) is 28.2 Å². The van der Waals surface area contributed by atoms with Crippen LogP contribution in [0.15, 0.2) is 0 Å². The molecule has 0 nitrogen and oxygen atoms in total. The van der Waals surface area contributed by atoms with Crippen LogP contribution in [0.3, 0.4) is 0 Å². The fraction of sp³-hybridized carbons (Fsp3) is 0.933. The lowest BCUT2D eigenvalue weighted by Crippen LogP contribution is -1.82. The third-order valence-corrected chi connectivity index (χ3v) is 3.62. The maximum atomic E-state index is 3.35. The molecule has 0 heterocycles. The highest BCUT2D eigenvalue weighted by Gasteiger charge is 1.93. The molecule has 0 saturated heterocycles. The van der Waals surface area contributed by atoms with Crippen molar-refractivity contribution >= 4 is 15.9 Å². The van der Waals surface area contributed by atoms with Crippen molar-refractivity contribution in [2.24, 2.45) is 0 Å². The summed E-state index contributed by atoms with van der Waals surface area (Å²) in [5.41, 5.74) is 0. The Labute approximate surface area is 112 Å². The number of hydrogen-bond donors (Lipinski definition) is 0. The lowest BCUT2D eigenvalue weighted by Gasteiger charge is -2.02. The van der Waals surface area contributed by atoms with Crippen molar-refractivity contribution in [1.29, 1.82) is 0 Å². The summed E-state index contributed by atoms with van der Waals surface area (Å²) in [6.45, 7) is 2.29. The zero-order chi connectivity index (χ0) is 11.9. The van der Waals surface area contributed by atoms with Crippen molar-refractivity contribution in [2.75, 3.05) is 0 Å². The fourth-order valence-electron chi connectivity index (χ4n) is 2.06. The van der Waals surface area contributed by atoms with Gasteiger partial charge in [0.05, 0.1) is 0 Å². The summed E-state index contributed by atoms with van der Waals surface area (Å²) in [5, 5.41) is 2.10. The molecule has 0 unspecified atom stereocenters. The van der Waals surface area contributed by atoms with Crippen LogP contribution in [0.2, 0.25) is 0 Å². The maximum Gasteiger partial charge on any atom is 0.0271 e. The maximum absolute atomic E-state index is 3.35. The monoisotopic (exact) mass is 289 g/mol. The van der Waals surface area contributed by atoms with Crippen LogP contribution >= 0.6 is 15.9 Å². The van der Waals surface area contributed by atoms with E-state index in [1.165, 1.54) is 83.5 Å². The van der Waals surface area contributed by atoms with Gasteiger partial charge in [-0.2, -0.15) is 0 Å². The highest BCUT2D eigenvalue weighted by atomic mass is 79.9.